The van der Waals surface area contributed by atoms with E-state index < -0.39 is 12.0 Å². The lowest BCUT2D eigenvalue weighted by atomic mass is 9.99. The second-order valence-electron chi connectivity index (χ2n) is 6.36. The summed E-state index contributed by atoms with van der Waals surface area (Å²) in [6.07, 6.45) is 4.18. The molecule has 1 aliphatic carbocycles. The molecule has 25 heavy (non-hydrogen) atoms. The van der Waals surface area contributed by atoms with Crippen LogP contribution in [0.4, 0.5) is 14.9 Å². The Kier molecular flexibility index (Phi) is 6.98. The summed E-state index contributed by atoms with van der Waals surface area (Å²) >= 11 is 0. The highest BCUT2D eigenvalue weighted by atomic mass is 19.1. The summed E-state index contributed by atoms with van der Waals surface area (Å²) < 4.78 is 18.2. The second kappa shape index (κ2) is 9.20. The van der Waals surface area contributed by atoms with Crippen LogP contribution in [0.1, 0.15) is 39.0 Å². The molecule has 1 aliphatic rings. The van der Waals surface area contributed by atoms with Gasteiger partial charge in [-0.1, -0.05) is 12.2 Å². The van der Waals surface area contributed by atoms with Gasteiger partial charge in [-0.3, -0.25) is 4.79 Å². The molecule has 5 nitrogen and oxygen atoms in total. The van der Waals surface area contributed by atoms with E-state index in [1.807, 2.05) is 0 Å². The zero-order valence-electron chi connectivity index (χ0n) is 14.5. The minimum atomic E-state index is -0.419. The molecule has 2 amide bonds. The first-order valence-electron chi connectivity index (χ1n) is 8.64. The number of amides is 2. The molecule has 0 radical (unpaired) electrons. The van der Waals surface area contributed by atoms with Crippen LogP contribution in [0.3, 0.4) is 0 Å². The minimum Gasteiger partial charge on any atom is -0.446 e. The molecule has 1 aromatic rings. The third-order valence-corrected chi connectivity index (χ3v) is 4.41. The molecule has 0 aromatic heterocycles. The fourth-order valence-electron chi connectivity index (χ4n) is 2.71. The summed E-state index contributed by atoms with van der Waals surface area (Å²) in [5.41, 5.74) is 1.24. The summed E-state index contributed by atoms with van der Waals surface area (Å²) in [5.74, 6) is -0.992. The summed E-state index contributed by atoms with van der Waals surface area (Å²) in [6, 6.07) is 5.58. The molecule has 136 valence electrons. The zero-order chi connectivity index (χ0) is 18.2. The fourth-order valence-corrected chi connectivity index (χ4v) is 2.71. The van der Waals surface area contributed by atoms with E-state index in [1.165, 1.54) is 24.3 Å². The summed E-state index contributed by atoms with van der Waals surface area (Å²) in [5, 5.41) is 5.41. The molecular formula is C19H25FN2O3. The average Bonchev–Trinajstić information content (AvgIpc) is 3.09. The lowest BCUT2D eigenvalue weighted by molar-refractivity contribution is -0.118. The first-order valence-corrected chi connectivity index (χ1v) is 8.64. The van der Waals surface area contributed by atoms with Crippen LogP contribution in [-0.4, -0.2) is 24.6 Å². The number of carbonyl (C=O) groups is 2. The van der Waals surface area contributed by atoms with Gasteiger partial charge in [0.15, 0.2) is 0 Å². The highest BCUT2D eigenvalue weighted by Gasteiger charge is 2.20. The monoisotopic (exact) mass is 348 g/mol. The number of halogens is 1. The van der Waals surface area contributed by atoms with Crippen LogP contribution in [0, 0.1) is 11.7 Å². The maximum absolute atomic E-state index is 12.9. The zero-order valence-corrected chi connectivity index (χ0v) is 14.5. The molecule has 0 unspecified atom stereocenters. The lowest BCUT2D eigenvalue weighted by Crippen LogP contribution is -2.30. The molecule has 1 fully saturated rings. The van der Waals surface area contributed by atoms with Gasteiger partial charge in [0.1, 0.15) is 11.9 Å². The van der Waals surface area contributed by atoms with Crippen LogP contribution in [0.25, 0.3) is 0 Å². The van der Waals surface area contributed by atoms with Crippen LogP contribution in [0.15, 0.2) is 36.4 Å². The molecule has 0 saturated heterocycles. The van der Waals surface area contributed by atoms with E-state index in [-0.39, 0.29) is 17.8 Å². The van der Waals surface area contributed by atoms with E-state index in [4.69, 9.17) is 4.74 Å². The molecule has 1 saturated carbocycles. The quantitative estimate of drug-likeness (QED) is 0.732. The molecule has 2 N–H and O–H groups in total. The number of alkyl carbamates (subject to hydrolysis) is 1. The van der Waals surface area contributed by atoms with Crippen molar-refractivity contribution in [2.45, 2.75) is 45.1 Å². The van der Waals surface area contributed by atoms with Gasteiger partial charge in [0.25, 0.3) is 0 Å². The Morgan fingerprint density at radius 1 is 1.28 bits per heavy atom. The molecule has 1 atom stereocenters. The Hall–Kier alpha value is -2.37. The highest BCUT2D eigenvalue weighted by molar-refractivity contribution is 5.94. The Morgan fingerprint density at radius 2 is 1.92 bits per heavy atom. The molecular weight excluding hydrogens is 323 g/mol. The Bertz CT molecular complexity index is 610. The van der Waals surface area contributed by atoms with Gasteiger partial charge in [0.2, 0.25) is 5.91 Å². The van der Waals surface area contributed by atoms with E-state index in [0.717, 1.165) is 25.7 Å². The first-order chi connectivity index (χ1) is 12.0. The number of nitrogens with one attached hydrogen (secondary N) is 2. The van der Waals surface area contributed by atoms with E-state index in [2.05, 4.69) is 17.2 Å². The van der Waals surface area contributed by atoms with E-state index in [1.54, 1.807) is 6.92 Å². The van der Waals surface area contributed by atoms with Crippen molar-refractivity contribution < 1.29 is 18.7 Å². The van der Waals surface area contributed by atoms with Gasteiger partial charge in [-0.2, -0.15) is 0 Å². The number of hydrogen-bond acceptors (Lipinski definition) is 3. The first kappa shape index (κ1) is 19.0. The van der Waals surface area contributed by atoms with E-state index in [0.29, 0.717) is 24.2 Å². The molecule has 0 bridgehead atoms. The third-order valence-electron chi connectivity index (χ3n) is 4.41. The van der Waals surface area contributed by atoms with Gasteiger partial charge in [-0.25, -0.2) is 9.18 Å². The van der Waals surface area contributed by atoms with Crippen molar-refractivity contribution in [2.75, 3.05) is 11.9 Å². The molecule has 0 spiro atoms. The van der Waals surface area contributed by atoms with Crippen molar-refractivity contribution >= 4 is 17.7 Å². The molecule has 1 aromatic carbocycles. The number of carbonyl (C=O) groups excluding carboxylic acids is 2. The van der Waals surface area contributed by atoms with Gasteiger partial charge >= 0.3 is 6.09 Å². The number of rotatable bonds is 7. The van der Waals surface area contributed by atoms with Crippen LogP contribution in [0.5, 0.6) is 0 Å². The number of benzene rings is 1. The maximum atomic E-state index is 12.9. The van der Waals surface area contributed by atoms with Crippen molar-refractivity contribution in [2.24, 2.45) is 5.92 Å². The van der Waals surface area contributed by atoms with Crippen LogP contribution >= 0.6 is 0 Å². The lowest BCUT2D eigenvalue weighted by Gasteiger charge is -2.16. The SMILES string of the molecule is C=C(CCNC(=O)OC1CCCC1)[C@H](C)C(=O)Nc1ccc(F)cc1. The average molecular weight is 348 g/mol. The van der Waals surface area contributed by atoms with E-state index >= 15 is 0 Å². The predicted octanol–water partition coefficient (Wildman–Crippen LogP) is 4.02. The Balaban J connectivity index is 1.69. The van der Waals surface area contributed by atoms with Gasteiger partial charge in [-0.05, 0) is 63.3 Å². The van der Waals surface area contributed by atoms with Crippen molar-refractivity contribution in [3.63, 3.8) is 0 Å². The number of anilines is 1. The highest BCUT2D eigenvalue weighted by Crippen LogP contribution is 2.21. The van der Waals surface area contributed by atoms with Gasteiger partial charge in [0.05, 0.1) is 5.92 Å². The summed E-state index contributed by atoms with van der Waals surface area (Å²) in [6.45, 7) is 6.04. The third kappa shape index (κ3) is 6.21. The Labute approximate surface area is 147 Å². The van der Waals surface area contributed by atoms with Crippen LogP contribution in [-0.2, 0) is 9.53 Å². The van der Waals surface area contributed by atoms with Crippen molar-refractivity contribution in [3.05, 3.63) is 42.2 Å². The van der Waals surface area contributed by atoms with E-state index in [9.17, 15) is 14.0 Å². The topological polar surface area (TPSA) is 67.4 Å². The molecule has 6 heteroatoms. The summed E-state index contributed by atoms with van der Waals surface area (Å²) in [7, 11) is 0. The smallest absolute Gasteiger partial charge is 0.407 e. The fraction of sp³-hybridized carbons (Fsp3) is 0.474. The summed E-state index contributed by atoms with van der Waals surface area (Å²) in [4.78, 5) is 23.9. The van der Waals surface area contributed by atoms with Gasteiger partial charge in [0, 0.05) is 12.2 Å². The largest absolute Gasteiger partial charge is 0.446 e. The normalized spacial score (nSPS) is 15.4. The molecule has 0 aliphatic heterocycles. The molecule has 2 rings (SSSR count). The van der Waals surface area contributed by atoms with Gasteiger partial charge < -0.3 is 15.4 Å². The van der Waals surface area contributed by atoms with Crippen molar-refractivity contribution in [1.82, 2.24) is 5.32 Å². The predicted molar refractivity (Wildman–Crippen MR) is 94.7 cm³/mol. The van der Waals surface area contributed by atoms with Crippen molar-refractivity contribution in [3.8, 4) is 0 Å². The standard InChI is InChI=1S/C19H25FN2O3/c1-13(11-12-21-19(24)25-17-5-3-4-6-17)14(2)18(23)22-16-9-7-15(20)8-10-16/h7-10,14,17H,1,3-6,11-12H2,2H3,(H,21,24)(H,22,23)/t14-/m0/s1. The number of ether oxygens (including phenoxy) is 1. The molecule has 0 heterocycles. The second-order valence-corrected chi connectivity index (χ2v) is 6.36. The van der Waals surface area contributed by atoms with Crippen LogP contribution < -0.4 is 10.6 Å². The number of hydrogen-bond donors (Lipinski definition) is 2. The Morgan fingerprint density at radius 3 is 2.56 bits per heavy atom. The minimum absolute atomic E-state index is 0.0311. The maximum Gasteiger partial charge on any atom is 0.407 e. The van der Waals surface area contributed by atoms with Crippen molar-refractivity contribution in [1.29, 1.82) is 0 Å². The van der Waals surface area contributed by atoms with Crippen LogP contribution in [0.2, 0.25) is 0 Å². The van der Waals surface area contributed by atoms with Gasteiger partial charge in [-0.15, -0.1) is 0 Å².